The zero-order chi connectivity index (χ0) is 13.1. The Morgan fingerprint density at radius 3 is 2.94 bits per heavy atom. The van der Waals surface area contributed by atoms with Gasteiger partial charge in [0.2, 0.25) is 0 Å². The van der Waals surface area contributed by atoms with E-state index in [0.29, 0.717) is 17.7 Å². The molecule has 7 heteroatoms. The Kier molecular flexibility index (Phi) is 3.86. The number of hydrogen-bond acceptors (Lipinski definition) is 3. The third-order valence-electron chi connectivity index (χ3n) is 2.80. The van der Waals surface area contributed by atoms with Gasteiger partial charge in [-0.3, -0.25) is 14.3 Å². The molecule has 0 saturated carbocycles. The maximum atomic E-state index is 12.0. The molecule has 0 aliphatic heterocycles. The fourth-order valence-electron chi connectivity index (χ4n) is 1.85. The van der Waals surface area contributed by atoms with Gasteiger partial charge in [-0.25, -0.2) is 9.78 Å². The van der Waals surface area contributed by atoms with Gasteiger partial charge in [0.05, 0.1) is 6.33 Å². The van der Waals surface area contributed by atoms with E-state index in [2.05, 4.69) is 15.0 Å². The number of aromatic amines is 2. The van der Waals surface area contributed by atoms with E-state index in [9.17, 15) is 9.59 Å². The Hall–Kier alpha value is -1.56. The first-order valence-electron chi connectivity index (χ1n) is 5.90. The van der Waals surface area contributed by atoms with Gasteiger partial charge in [-0.2, -0.15) is 0 Å². The Morgan fingerprint density at radius 2 is 2.22 bits per heavy atom. The van der Waals surface area contributed by atoms with Crippen LogP contribution in [0.5, 0.6) is 0 Å². The molecule has 0 amide bonds. The molecule has 6 nitrogen and oxygen atoms in total. The van der Waals surface area contributed by atoms with Crippen molar-refractivity contribution < 1.29 is 0 Å². The van der Waals surface area contributed by atoms with E-state index in [1.54, 1.807) is 0 Å². The third-order valence-corrected chi connectivity index (χ3v) is 3.02. The van der Waals surface area contributed by atoms with Gasteiger partial charge in [0.15, 0.2) is 5.65 Å². The summed E-state index contributed by atoms with van der Waals surface area (Å²) in [4.78, 5) is 32.8. The summed E-state index contributed by atoms with van der Waals surface area (Å²) >= 11 is 5.84. The number of aromatic nitrogens is 4. The first-order valence-corrected chi connectivity index (χ1v) is 6.33. The molecular weight excluding hydrogens is 256 g/mol. The van der Waals surface area contributed by atoms with Gasteiger partial charge >= 0.3 is 5.69 Å². The second kappa shape index (κ2) is 5.39. The largest absolute Gasteiger partial charge is 0.339 e. The zero-order valence-corrected chi connectivity index (χ0v) is 10.8. The van der Waals surface area contributed by atoms with Crippen molar-refractivity contribution in [2.45, 2.75) is 38.1 Å². The smallest absolute Gasteiger partial charge is 0.330 e. The van der Waals surface area contributed by atoms with Gasteiger partial charge in [-0.1, -0.05) is 6.42 Å². The van der Waals surface area contributed by atoms with Crippen LogP contribution in [0.2, 0.25) is 0 Å². The molecule has 0 aliphatic carbocycles. The van der Waals surface area contributed by atoms with Gasteiger partial charge < -0.3 is 4.98 Å². The van der Waals surface area contributed by atoms with Crippen molar-refractivity contribution in [1.29, 1.82) is 0 Å². The predicted octanol–water partition coefficient (Wildman–Crippen LogP) is 1.21. The average Bonchev–Trinajstić information content (AvgIpc) is 2.75. The molecule has 2 rings (SSSR count). The van der Waals surface area contributed by atoms with Gasteiger partial charge in [0.1, 0.15) is 5.52 Å². The predicted molar refractivity (Wildman–Crippen MR) is 70.1 cm³/mol. The molecule has 18 heavy (non-hydrogen) atoms. The lowest BCUT2D eigenvalue weighted by Crippen LogP contribution is -2.35. The fourth-order valence-corrected chi connectivity index (χ4v) is 2.00. The molecule has 0 fully saturated rings. The SMILES string of the molecule is CC(Cl)CCCCn1c(=O)[nH]c2nc[nH]c2c1=O. The highest BCUT2D eigenvalue weighted by Gasteiger charge is 2.08. The van der Waals surface area contributed by atoms with Crippen molar-refractivity contribution in [2.24, 2.45) is 0 Å². The lowest BCUT2D eigenvalue weighted by atomic mass is 10.2. The molecule has 2 aromatic rings. The van der Waals surface area contributed by atoms with Gasteiger partial charge in [0.25, 0.3) is 5.56 Å². The number of imidazole rings is 1. The van der Waals surface area contributed by atoms with E-state index >= 15 is 0 Å². The molecule has 0 aliphatic rings. The Balaban J connectivity index is 2.17. The van der Waals surface area contributed by atoms with Crippen LogP contribution in [0.25, 0.3) is 11.2 Å². The third kappa shape index (κ3) is 2.64. The molecule has 0 radical (unpaired) electrons. The Bertz CT molecular complexity index is 640. The second-order valence-corrected chi connectivity index (χ2v) is 5.03. The highest BCUT2D eigenvalue weighted by atomic mass is 35.5. The molecule has 0 spiro atoms. The number of nitrogens with zero attached hydrogens (tertiary/aromatic N) is 2. The number of nitrogens with one attached hydrogen (secondary N) is 2. The van der Waals surface area contributed by atoms with Gasteiger partial charge in [-0.15, -0.1) is 11.6 Å². The number of alkyl halides is 1. The van der Waals surface area contributed by atoms with Crippen LogP contribution in [0.1, 0.15) is 26.2 Å². The van der Waals surface area contributed by atoms with Crippen molar-refractivity contribution in [1.82, 2.24) is 19.5 Å². The van der Waals surface area contributed by atoms with Crippen LogP contribution < -0.4 is 11.2 Å². The van der Waals surface area contributed by atoms with E-state index < -0.39 is 5.69 Å². The molecule has 2 N–H and O–H groups in total. The van der Waals surface area contributed by atoms with E-state index in [0.717, 1.165) is 19.3 Å². The summed E-state index contributed by atoms with van der Waals surface area (Å²) in [7, 11) is 0. The van der Waals surface area contributed by atoms with Crippen LogP contribution in [-0.4, -0.2) is 24.9 Å². The number of unbranched alkanes of at least 4 members (excludes halogenated alkanes) is 1. The Morgan fingerprint density at radius 1 is 1.44 bits per heavy atom. The summed E-state index contributed by atoms with van der Waals surface area (Å²) in [6.07, 6.45) is 3.90. The Labute approximate surface area is 108 Å². The van der Waals surface area contributed by atoms with E-state index in [1.165, 1.54) is 10.9 Å². The quantitative estimate of drug-likeness (QED) is 0.633. The van der Waals surface area contributed by atoms with Crippen molar-refractivity contribution >= 4 is 22.8 Å². The number of H-pyrrole nitrogens is 2. The minimum Gasteiger partial charge on any atom is -0.339 e. The van der Waals surface area contributed by atoms with Crippen molar-refractivity contribution in [3.8, 4) is 0 Å². The van der Waals surface area contributed by atoms with Crippen molar-refractivity contribution in [3.05, 3.63) is 27.2 Å². The highest BCUT2D eigenvalue weighted by molar-refractivity contribution is 6.20. The van der Waals surface area contributed by atoms with E-state index in [-0.39, 0.29) is 10.9 Å². The lowest BCUT2D eigenvalue weighted by Gasteiger charge is -2.05. The molecule has 1 atom stereocenters. The number of rotatable bonds is 5. The molecule has 2 aromatic heterocycles. The average molecular weight is 271 g/mol. The van der Waals surface area contributed by atoms with Gasteiger partial charge in [-0.05, 0) is 19.8 Å². The maximum Gasteiger partial charge on any atom is 0.330 e. The number of halogens is 1. The van der Waals surface area contributed by atoms with Crippen LogP contribution in [-0.2, 0) is 6.54 Å². The lowest BCUT2D eigenvalue weighted by molar-refractivity contribution is 0.555. The minimum absolute atomic E-state index is 0.120. The first-order chi connectivity index (χ1) is 8.59. The summed E-state index contributed by atoms with van der Waals surface area (Å²) < 4.78 is 1.19. The zero-order valence-electron chi connectivity index (χ0n) is 10.1. The van der Waals surface area contributed by atoms with Crippen LogP contribution in [0.3, 0.4) is 0 Å². The molecule has 2 heterocycles. The maximum absolute atomic E-state index is 12.0. The van der Waals surface area contributed by atoms with Crippen molar-refractivity contribution in [3.63, 3.8) is 0 Å². The highest BCUT2D eigenvalue weighted by Crippen LogP contribution is 2.06. The van der Waals surface area contributed by atoms with E-state index in [4.69, 9.17) is 11.6 Å². The van der Waals surface area contributed by atoms with Crippen molar-refractivity contribution in [2.75, 3.05) is 0 Å². The summed E-state index contributed by atoms with van der Waals surface area (Å²) in [6.45, 7) is 2.32. The molecule has 0 bridgehead atoms. The van der Waals surface area contributed by atoms with Gasteiger partial charge in [0, 0.05) is 11.9 Å². The summed E-state index contributed by atoms with van der Waals surface area (Å²) in [5.41, 5.74) is -0.111. The topological polar surface area (TPSA) is 83.5 Å². The van der Waals surface area contributed by atoms with Crippen LogP contribution in [0.4, 0.5) is 0 Å². The molecule has 0 aromatic carbocycles. The monoisotopic (exact) mass is 270 g/mol. The summed E-state index contributed by atoms with van der Waals surface area (Å²) in [6, 6.07) is 0. The fraction of sp³-hybridized carbons (Fsp3) is 0.545. The standard InChI is InChI=1S/C11H15ClN4O2/c1-7(12)4-2-3-5-16-10(17)8-9(14-6-13-8)15-11(16)18/h6-7H,2-5H2,1H3,(H,13,14)(H,15,18). The van der Waals surface area contributed by atoms with Crippen LogP contribution in [0, 0.1) is 0 Å². The summed E-state index contributed by atoms with van der Waals surface area (Å²) in [5.74, 6) is 0. The van der Waals surface area contributed by atoms with Crippen LogP contribution in [0.15, 0.2) is 15.9 Å². The molecule has 1 unspecified atom stereocenters. The number of hydrogen-bond donors (Lipinski definition) is 2. The van der Waals surface area contributed by atoms with E-state index in [1.807, 2.05) is 6.92 Å². The summed E-state index contributed by atoms with van der Waals surface area (Å²) in [5, 5.41) is 0.120. The molecule has 0 saturated heterocycles. The minimum atomic E-state index is -0.418. The molecular formula is C11H15ClN4O2. The number of fused-ring (bicyclic) bond motifs is 1. The normalized spacial score (nSPS) is 13.0. The second-order valence-electron chi connectivity index (χ2n) is 4.29. The van der Waals surface area contributed by atoms with Crippen LogP contribution >= 0.6 is 11.6 Å². The molecule has 98 valence electrons. The first kappa shape index (κ1) is 12.9.